The van der Waals surface area contributed by atoms with Gasteiger partial charge in [-0.05, 0) is 56.2 Å². The van der Waals surface area contributed by atoms with E-state index in [9.17, 15) is 9.65 Å². The molecule has 0 heterocycles. The van der Waals surface area contributed by atoms with E-state index in [-0.39, 0.29) is 18.2 Å². The van der Waals surface area contributed by atoms with Gasteiger partial charge in [0.1, 0.15) is 12.1 Å². The second kappa shape index (κ2) is 5.06. The average molecular weight is 274 g/mol. The zero-order valence-electron chi connectivity index (χ0n) is 11.7. The van der Waals surface area contributed by atoms with E-state index >= 15 is 0 Å². The second-order valence-corrected chi connectivity index (χ2v) is 6.00. The van der Waals surface area contributed by atoms with Crippen LogP contribution in [0.25, 0.3) is 0 Å². The Morgan fingerprint density at radius 2 is 2.15 bits per heavy atom. The van der Waals surface area contributed by atoms with Gasteiger partial charge in [0.2, 0.25) is 0 Å². The molecule has 2 aliphatic rings. The molecule has 0 amide bonds. The Balaban J connectivity index is 1.73. The van der Waals surface area contributed by atoms with Crippen LogP contribution in [-0.2, 0) is 0 Å². The molecule has 0 radical (unpaired) electrons. The van der Waals surface area contributed by atoms with Gasteiger partial charge in [-0.25, -0.2) is 4.39 Å². The fourth-order valence-electron chi connectivity index (χ4n) is 2.51. The first-order valence-electron chi connectivity index (χ1n) is 7.21. The molecule has 20 heavy (non-hydrogen) atoms. The third kappa shape index (κ3) is 2.78. The van der Waals surface area contributed by atoms with E-state index in [1.54, 1.807) is 12.1 Å². The number of ether oxygens (including phenoxy) is 1. The lowest BCUT2D eigenvalue weighted by molar-refractivity contribution is 0.194. The molecule has 3 rings (SSSR count). The molecule has 0 bridgehead atoms. The van der Waals surface area contributed by atoms with Gasteiger partial charge in [-0.1, -0.05) is 6.07 Å². The Kier molecular flexibility index (Phi) is 3.39. The highest BCUT2D eigenvalue weighted by molar-refractivity contribution is 5.30. The van der Waals surface area contributed by atoms with Crippen LogP contribution in [-0.4, -0.2) is 18.2 Å². The summed E-state index contributed by atoms with van der Waals surface area (Å²) < 4.78 is 19.4. The number of rotatable bonds is 6. The summed E-state index contributed by atoms with van der Waals surface area (Å²) in [6, 6.07) is 7.63. The Labute approximate surface area is 118 Å². The normalized spacial score (nSPS) is 21.1. The number of nitriles is 1. The Bertz CT molecular complexity index is 546. The van der Waals surface area contributed by atoms with Gasteiger partial charge >= 0.3 is 0 Å². The maximum atomic E-state index is 13.7. The monoisotopic (exact) mass is 274 g/mol. The number of hydrogen-bond acceptors (Lipinski definition) is 3. The lowest BCUT2D eigenvalue weighted by Gasteiger charge is -2.28. The van der Waals surface area contributed by atoms with Gasteiger partial charge in [0.15, 0.2) is 11.6 Å². The summed E-state index contributed by atoms with van der Waals surface area (Å²) >= 11 is 0. The molecule has 0 saturated heterocycles. The van der Waals surface area contributed by atoms with Crippen molar-refractivity contribution < 1.29 is 9.13 Å². The molecular formula is C16H19FN2O. The number of nitrogens with one attached hydrogen (secondary N) is 1. The zero-order chi connectivity index (χ0) is 14.2. The van der Waals surface area contributed by atoms with Crippen LogP contribution in [0.5, 0.6) is 5.75 Å². The number of benzene rings is 1. The van der Waals surface area contributed by atoms with E-state index < -0.39 is 5.54 Å². The summed E-state index contributed by atoms with van der Waals surface area (Å²) in [5.74, 6) is 0.202. The van der Waals surface area contributed by atoms with Crippen LogP contribution in [0, 0.1) is 30.0 Å². The lowest BCUT2D eigenvalue weighted by Crippen LogP contribution is -2.52. The minimum atomic E-state index is -0.655. The standard InChI is InChI=1S/C16H19FN2O/c1-11-2-7-14(17)15(8-11)20-10-16(9-18,12-3-4-12)19-13-5-6-13/h2,7-8,12-13,19H,3-6,10H2,1H3. The van der Waals surface area contributed by atoms with Crippen LogP contribution in [0.4, 0.5) is 4.39 Å². The number of hydrogen-bond donors (Lipinski definition) is 1. The van der Waals surface area contributed by atoms with Gasteiger partial charge in [0.05, 0.1) is 6.07 Å². The molecular weight excluding hydrogens is 255 g/mol. The SMILES string of the molecule is Cc1ccc(F)c(OCC(C#N)(NC2CC2)C2CC2)c1. The number of nitrogens with zero attached hydrogens (tertiary/aromatic N) is 1. The van der Waals surface area contributed by atoms with E-state index in [0.29, 0.717) is 12.0 Å². The quantitative estimate of drug-likeness (QED) is 0.867. The molecule has 1 N–H and O–H groups in total. The third-order valence-electron chi connectivity index (χ3n) is 4.05. The first kappa shape index (κ1) is 13.4. The highest BCUT2D eigenvalue weighted by atomic mass is 19.1. The van der Waals surface area contributed by atoms with Crippen molar-refractivity contribution in [3.8, 4) is 11.8 Å². The molecule has 2 aliphatic carbocycles. The fraction of sp³-hybridized carbons (Fsp3) is 0.562. The minimum Gasteiger partial charge on any atom is -0.487 e. The fourth-order valence-corrected chi connectivity index (χ4v) is 2.51. The topological polar surface area (TPSA) is 45.0 Å². The van der Waals surface area contributed by atoms with Crippen LogP contribution in [0.2, 0.25) is 0 Å². The first-order chi connectivity index (χ1) is 9.63. The Hall–Kier alpha value is -1.60. The Morgan fingerprint density at radius 1 is 1.40 bits per heavy atom. The smallest absolute Gasteiger partial charge is 0.165 e. The zero-order valence-corrected chi connectivity index (χ0v) is 11.7. The molecule has 1 aromatic rings. The van der Waals surface area contributed by atoms with Crippen LogP contribution < -0.4 is 10.1 Å². The van der Waals surface area contributed by atoms with Crippen molar-refractivity contribution in [1.82, 2.24) is 5.32 Å². The molecule has 3 nitrogen and oxygen atoms in total. The summed E-state index contributed by atoms with van der Waals surface area (Å²) in [7, 11) is 0. The molecule has 106 valence electrons. The molecule has 2 fully saturated rings. The predicted octanol–water partition coefficient (Wildman–Crippen LogP) is 2.94. The lowest BCUT2D eigenvalue weighted by atomic mass is 9.96. The van der Waals surface area contributed by atoms with E-state index in [2.05, 4.69) is 11.4 Å². The van der Waals surface area contributed by atoms with E-state index in [4.69, 9.17) is 4.74 Å². The van der Waals surface area contributed by atoms with E-state index in [0.717, 1.165) is 31.2 Å². The highest BCUT2D eigenvalue weighted by Crippen LogP contribution is 2.41. The maximum absolute atomic E-state index is 13.7. The van der Waals surface area contributed by atoms with Crippen molar-refractivity contribution in [2.24, 2.45) is 5.92 Å². The first-order valence-corrected chi connectivity index (χ1v) is 7.21. The molecule has 0 aliphatic heterocycles. The van der Waals surface area contributed by atoms with Crippen molar-refractivity contribution in [2.75, 3.05) is 6.61 Å². The summed E-state index contributed by atoms with van der Waals surface area (Å²) in [5.41, 5.74) is 0.294. The molecule has 2 saturated carbocycles. The van der Waals surface area contributed by atoms with Crippen molar-refractivity contribution in [3.05, 3.63) is 29.6 Å². The summed E-state index contributed by atoms with van der Waals surface area (Å²) in [5, 5.41) is 13.0. The van der Waals surface area contributed by atoms with Gasteiger partial charge in [-0.15, -0.1) is 0 Å². The third-order valence-corrected chi connectivity index (χ3v) is 4.05. The summed E-state index contributed by atoms with van der Waals surface area (Å²) in [6.07, 6.45) is 4.34. The average Bonchev–Trinajstić information content (AvgIpc) is 3.30. The summed E-state index contributed by atoms with van der Waals surface area (Å²) in [6.45, 7) is 2.11. The van der Waals surface area contributed by atoms with Gasteiger partial charge in [-0.3, -0.25) is 5.32 Å². The molecule has 1 unspecified atom stereocenters. The van der Waals surface area contributed by atoms with Crippen LogP contribution in [0.1, 0.15) is 31.2 Å². The number of aryl methyl sites for hydroxylation is 1. The van der Waals surface area contributed by atoms with E-state index in [1.807, 2.05) is 6.92 Å². The number of halogens is 1. The van der Waals surface area contributed by atoms with Crippen LogP contribution in [0.15, 0.2) is 18.2 Å². The van der Waals surface area contributed by atoms with Crippen LogP contribution in [0.3, 0.4) is 0 Å². The maximum Gasteiger partial charge on any atom is 0.165 e. The molecule has 1 aromatic carbocycles. The molecule has 4 heteroatoms. The van der Waals surface area contributed by atoms with Gasteiger partial charge in [-0.2, -0.15) is 5.26 Å². The van der Waals surface area contributed by atoms with Crippen LogP contribution >= 0.6 is 0 Å². The van der Waals surface area contributed by atoms with Gasteiger partial charge < -0.3 is 4.74 Å². The Morgan fingerprint density at radius 3 is 2.75 bits per heavy atom. The summed E-state index contributed by atoms with van der Waals surface area (Å²) in [4.78, 5) is 0. The van der Waals surface area contributed by atoms with Crippen molar-refractivity contribution in [1.29, 1.82) is 5.26 Å². The van der Waals surface area contributed by atoms with Gasteiger partial charge in [0, 0.05) is 6.04 Å². The minimum absolute atomic E-state index is 0.213. The van der Waals surface area contributed by atoms with Crippen molar-refractivity contribution in [3.63, 3.8) is 0 Å². The predicted molar refractivity (Wildman–Crippen MR) is 73.9 cm³/mol. The highest BCUT2D eigenvalue weighted by Gasteiger charge is 2.49. The van der Waals surface area contributed by atoms with Gasteiger partial charge in [0.25, 0.3) is 0 Å². The molecule has 0 spiro atoms. The molecule has 1 atom stereocenters. The van der Waals surface area contributed by atoms with E-state index in [1.165, 1.54) is 6.07 Å². The second-order valence-electron chi connectivity index (χ2n) is 6.00. The molecule has 0 aromatic heterocycles. The van der Waals surface area contributed by atoms with Crippen molar-refractivity contribution >= 4 is 0 Å². The van der Waals surface area contributed by atoms with Crippen molar-refractivity contribution in [2.45, 2.75) is 44.2 Å². The largest absolute Gasteiger partial charge is 0.487 e.